The first-order valence-corrected chi connectivity index (χ1v) is 18.7. The van der Waals surface area contributed by atoms with Crippen molar-refractivity contribution < 1.29 is 29.1 Å². The Hall–Kier alpha value is -5.97. The summed E-state index contributed by atoms with van der Waals surface area (Å²) in [5, 5.41) is 24.2. The number of hydrogen-bond acceptors (Lipinski definition) is 5. The van der Waals surface area contributed by atoms with E-state index in [0.29, 0.717) is 45.1 Å². The molecule has 1 aliphatic rings. The molecule has 280 valence electrons. The highest BCUT2D eigenvalue weighted by atomic mass is 16.4. The molecule has 1 heterocycles. The number of carbonyl (C=O) groups excluding carboxylic acids is 4. The minimum Gasteiger partial charge on any atom is -0.481 e. The molecule has 11 nitrogen and oxygen atoms in total. The number of carbonyl (C=O) groups is 5. The summed E-state index contributed by atoms with van der Waals surface area (Å²) >= 11 is 0. The largest absolute Gasteiger partial charge is 0.481 e. The van der Waals surface area contributed by atoms with Crippen LogP contribution in [-0.2, 0) is 43.2 Å². The molecular weight excluding hydrogens is 683 g/mol. The van der Waals surface area contributed by atoms with Gasteiger partial charge in [-0.1, -0.05) is 104 Å². The molecule has 54 heavy (non-hydrogen) atoms. The Kier molecular flexibility index (Phi) is 12.7. The van der Waals surface area contributed by atoms with Gasteiger partial charge in [0.05, 0.1) is 6.42 Å². The number of carboxylic acid groups (broad SMARTS) is 1. The van der Waals surface area contributed by atoms with Crippen LogP contribution in [0.1, 0.15) is 48.8 Å². The molecule has 1 aliphatic carbocycles. The molecule has 0 saturated heterocycles. The molecule has 1 fully saturated rings. The zero-order valence-corrected chi connectivity index (χ0v) is 30.2. The van der Waals surface area contributed by atoms with Crippen molar-refractivity contribution in [1.82, 2.24) is 26.3 Å². The third-order valence-corrected chi connectivity index (χ3v) is 10.3. The molecule has 5 aromatic rings. The van der Waals surface area contributed by atoms with Crippen LogP contribution in [0.25, 0.3) is 21.7 Å². The van der Waals surface area contributed by atoms with Gasteiger partial charge >= 0.3 is 5.97 Å². The van der Waals surface area contributed by atoms with Crippen LogP contribution in [0, 0.1) is 11.8 Å². The van der Waals surface area contributed by atoms with E-state index in [1.54, 1.807) is 0 Å². The summed E-state index contributed by atoms with van der Waals surface area (Å²) < 4.78 is 0. The normalized spacial score (nSPS) is 16.6. The highest BCUT2D eigenvalue weighted by Gasteiger charge is 2.39. The van der Waals surface area contributed by atoms with Crippen LogP contribution in [0.3, 0.4) is 0 Å². The number of para-hydroxylation sites is 1. The van der Waals surface area contributed by atoms with Crippen LogP contribution >= 0.6 is 0 Å². The van der Waals surface area contributed by atoms with E-state index in [2.05, 4.69) is 50.5 Å². The second-order valence-electron chi connectivity index (χ2n) is 14.0. The average Bonchev–Trinajstić information content (AvgIpc) is 3.60. The maximum absolute atomic E-state index is 14.1. The lowest BCUT2D eigenvalue weighted by Gasteiger charge is -2.32. The Labute approximate surface area is 314 Å². The van der Waals surface area contributed by atoms with Crippen LogP contribution in [0.15, 0.2) is 103 Å². The van der Waals surface area contributed by atoms with Gasteiger partial charge in [-0.2, -0.15) is 0 Å². The SMILES string of the molecule is O=C(O)C[C@@H](NC(=O)C1CCCC[C@@H]1C(=O)N[C@@H](Cc1c[nH]c2ccccc12)C(=O)NCCc1ccc2ccccc2c1)C(=O)NCCc1ccccc1. The van der Waals surface area contributed by atoms with Gasteiger partial charge in [-0.15, -0.1) is 0 Å². The van der Waals surface area contributed by atoms with E-state index in [4.69, 9.17) is 0 Å². The van der Waals surface area contributed by atoms with Gasteiger partial charge in [-0.25, -0.2) is 0 Å². The molecule has 1 aromatic heterocycles. The number of carboxylic acids is 1. The highest BCUT2D eigenvalue weighted by molar-refractivity contribution is 5.95. The molecule has 0 bridgehead atoms. The maximum atomic E-state index is 14.1. The fourth-order valence-corrected chi connectivity index (χ4v) is 7.38. The van der Waals surface area contributed by atoms with Crippen molar-refractivity contribution in [3.63, 3.8) is 0 Å². The van der Waals surface area contributed by atoms with Crippen molar-refractivity contribution in [3.05, 3.63) is 120 Å². The molecule has 0 aliphatic heterocycles. The Morgan fingerprint density at radius 2 is 1.26 bits per heavy atom. The fourth-order valence-electron chi connectivity index (χ4n) is 7.38. The molecule has 6 N–H and O–H groups in total. The molecule has 4 amide bonds. The Balaban J connectivity index is 1.12. The van der Waals surface area contributed by atoms with E-state index in [9.17, 15) is 29.1 Å². The molecule has 4 atom stereocenters. The van der Waals surface area contributed by atoms with Crippen LogP contribution in [-0.4, -0.2) is 64.9 Å². The smallest absolute Gasteiger partial charge is 0.305 e. The van der Waals surface area contributed by atoms with Crippen molar-refractivity contribution in [2.45, 2.75) is 63.5 Å². The topological polar surface area (TPSA) is 169 Å². The molecular formula is C43H47N5O6. The predicted molar refractivity (Wildman–Crippen MR) is 207 cm³/mol. The van der Waals surface area contributed by atoms with Crippen LogP contribution < -0.4 is 21.3 Å². The van der Waals surface area contributed by atoms with Crippen molar-refractivity contribution in [2.75, 3.05) is 13.1 Å². The van der Waals surface area contributed by atoms with Crippen molar-refractivity contribution >= 4 is 51.3 Å². The zero-order valence-electron chi connectivity index (χ0n) is 30.2. The number of aliphatic carboxylic acids is 1. The minimum absolute atomic E-state index is 0.227. The molecule has 1 unspecified atom stereocenters. The van der Waals surface area contributed by atoms with Gasteiger partial charge < -0.3 is 31.4 Å². The van der Waals surface area contributed by atoms with Crippen molar-refractivity contribution in [2.24, 2.45) is 11.8 Å². The van der Waals surface area contributed by atoms with Gasteiger partial charge in [0, 0.05) is 48.4 Å². The van der Waals surface area contributed by atoms with Gasteiger partial charge in [0.25, 0.3) is 0 Å². The lowest BCUT2D eigenvalue weighted by molar-refractivity contribution is -0.142. The molecule has 6 rings (SSSR count). The van der Waals surface area contributed by atoms with E-state index in [-0.39, 0.29) is 18.9 Å². The lowest BCUT2D eigenvalue weighted by atomic mass is 9.77. The summed E-state index contributed by atoms with van der Waals surface area (Å²) in [6.07, 6.45) is 4.84. The van der Waals surface area contributed by atoms with Crippen molar-refractivity contribution in [1.29, 1.82) is 0 Å². The van der Waals surface area contributed by atoms with E-state index >= 15 is 0 Å². The van der Waals surface area contributed by atoms with Crippen LogP contribution in [0.2, 0.25) is 0 Å². The number of aromatic amines is 1. The molecule has 1 saturated carbocycles. The van der Waals surface area contributed by atoms with E-state index in [1.807, 2.05) is 79.0 Å². The number of hydrogen-bond donors (Lipinski definition) is 6. The Morgan fingerprint density at radius 3 is 1.96 bits per heavy atom. The number of nitrogens with one attached hydrogen (secondary N) is 5. The summed E-state index contributed by atoms with van der Waals surface area (Å²) in [5.74, 6) is -4.70. The second-order valence-corrected chi connectivity index (χ2v) is 14.0. The number of H-pyrrole nitrogens is 1. The van der Waals surface area contributed by atoms with E-state index in [1.165, 1.54) is 0 Å². The van der Waals surface area contributed by atoms with Gasteiger partial charge in [-0.05, 0) is 59.2 Å². The monoisotopic (exact) mass is 729 g/mol. The second kappa shape index (κ2) is 18.2. The standard InChI is InChI=1S/C43H47N5O6/c49-39(50)26-38(43(54)44-22-20-28-10-2-1-3-11-28)48-41(52)35-16-7-6-15-34(35)40(51)47-37(25-32-27-46-36-17-9-8-14-33(32)36)42(53)45-23-21-29-18-19-30-12-4-5-13-31(30)24-29/h1-5,8-14,17-19,24,27,34-35,37-38,46H,6-7,15-16,20-23,25-26H2,(H,44,54)(H,45,53)(H,47,51)(H,48,52)(H,49,50)/t34-,35?,37-,38+/m0/s1. The summed E-state index contributed by atoms with van der Waals surface area (Å²) in [5.41, 5.74) is 3.87. The minimum atomic E-state index is -1.31. The molecule has 11 heteroatoms. The number of aromatic nitrogens is 1. The quantitative estimate of drug-likeness (QED) is 0.0850. The fraction of sp³-hybridized carbons (Fsp3) is 0.326. The first-order valence-electron chi connectivity index (χ1n) is 18.7. The summed E-state index contributed by atoms with van der Waals surface area (Å²) in [6, 6.07) is 29.4. The van der Waals surface area contributed by atoms with E-state index < -0.39 is 54.0 Å². The van der Waals surface area contributed by atoms with Crippen molar-refractivity contribution in [3.8, 4) is 0 Å². The Bertz CT molecular complexity index is 2100. The number of benzene rings is 4. The molecule has 4 aromatic carbocycles. The third kappa shape index (κ3) is 9.91. The third-order valence-electron chi connectivity index (χ3n) is 10.3. The summed E-state index contributed by atoms with van der Waals surface area (Å²) in [6.45, 7) is 0.635. The zero-order chi connectivity index (χ0) is 37.9. The number of rotatable bonds is 16. The average molecular weight is 730 g/mol. The summed E-state index contributed by atoms with van der Waals surface area (Å²) in [4.78, 5) is 69.7. The van der Waals surface area contributed by atoms with Crippen LogP contribution in [0.5, 0.6) is 0 Å². The maximum Gasteiger partial charge on any atom is 0.305 e. The van der Waals surface area contributed by atoms with Crippen LogP contribution in [0.4, 0.5) is 0 Å². The van der Waals surface area contributed by atoms with Gasteiger partial charge in [0.15, 0.2) is 0 Å². The first kappa shape index (κ1) is 37.8. The van der Waals surface area contributed by atoms with E-state index in [0.717, 1.165) is 38.4 Å². The summed E-state index contributed by atoms with van der Waals surface area (Å²) in [7, 11) is 0. The Morgan fingerprint density at radius 1 is 0.667 bits per heavy atom. The number of amides is 4. The lowest BCUT2D eigenvalue weighted by Crippen LogP contribution is -2.54. The van der Waals surface area contributed by atoms with Gasteiger partial charge in [0.1, 0.15) is 12.1 Å². The van der Waals surface area contributed by atoms with Gasteiger partial charge in [0.2, 0.25) is 23.6 Å². The molecule has 0 radical (unpaired) electrons. The molecule has 0 spiro atoms. The first-order chi connectivity index (χ1) is 26.2. The predicted octanol–water partition coefficient (Wildman–Crippen LogP) is 4.83. The highest BCUT2D eigenvalue weighted by Crippen LogP contribution is 2.31. The van der Waals surface area contributed by atoms with Gasteiger partial charge in [-0.3, -0.25) is 24.0 Å². The number of fused-ring (bicyclic) bond motifs is 2.